The number of piperazine rings is 1. The van der Waals surface area contributed by atoms with Gasteiger partial charge in [-0.2, -0.15) is 0 Å². The zero-order valence-corrected chi connectivity index (χ0v) is 18.8. The van der Waals surface area contributed by atoms with Gasteiger partial charge in [0.1, 0.15) is 16.5 Å². The highest BCUT2D eigenvalue weighted by molar-refractivity contribution is 7.19. The summed E-state index contributed by atoms with van der Waals surface area (Å²) in [5.74, 6) is 2.45. The first-order chi connectivity index (χ1) is 14.2. The number of aromatic nitrogens is 2. The molecular formula is C23H34N4OS. The number of hydrogen-bond donors (Lipinski definition) is 0. The highest BCUT2D eigenvalue weighted by atomic mass is 32.1. The van der Waals surface area contributed by atoms with Crippen LogP contribution in [0.15, 0.2) is 0 Å². The Kier molecular flexibility index (Phi) is 6.68. The number of carbonyl (C=O) groups is 1. The molecule has 5 nitrogen and oxygen atoms in total. The molecule has 4 rings (SSSR count). The molecule has 0 radical (unpaired) electrons. The number of amides is 1. The fraction of sp³-hybridized carbons (Fsp3) is 0.696. The summed E-state index contributed by atoms with van der Waals surface area (Å²) in [5.41, 5.74) is 1.51. The van der Waals surface area contributed by atoms with Crippen LogP contribution in [-0.4, -0.2) is 47.0 Å². The van der Waals surface area contributed by atoms with E-state index in [1.807, 2.05) is 16.2 Å². The molecule has 1 saturated heterocycles. The van der Waals surface area contributed by atoms with Gasteiger partial charge in [0, 0.05) is 43.9 Å². The number of carbonyl (C=O) groups excluding carboxylic acids is 1. The minimum Gasteiger partial charge on any atom is -0.352 e. The fourth-order valence-corrected chi connectivity index (χ4v) is 5.79. The lowest BCUT2D eigenvalue weighted by molar-refractivity contribution is -0.131. The summed E-state index contributed by atoms with van der Waals surface area (Å²) in [6, 6.07) is 0. The first kappa shape index (κ1) is 20.6. The standard InChI is InChI=1S/C23H34N4OS/c1-3-5-11-19-24-22(21-17-9-7-8-10-18(17)29-23(21)25-19)27-15-13-26(14-16-27)20(28)12-6-4-2/h3-16H2,1-2H3. The molecular weight excluding hydrogens is 380 g/mol. The number of thiophene rings is 1. The fourth-order valence-electron chi connectivity index (χ4n) is 4.51. The van der Waals surface area contributed by atoms with E-state index < -0.39 is 0 Å². The van der Waals surface area contributed by atoms with Crippen molar-refractivity contribution in [1.82, 2.24) is 14.9 Å². The molecule has 0 unspecified atom stereocenters. The number of hydrogen-bond acceptors (Lipinski definition) is 5. The summed E-state index contributed by atoms with van der Waals surface area (Å²) in [7, 11) is 0. The van der Waals surface area contributed by atoms with E-state index in [-0.39, 0.29) is 0 Å². The minimum atomic E-state index is 0.316. The van der Waals surface area contributed by atoms with Crippen molar-refractivity contribution >= 4 is 33.3 Å². The maximum absolute atomic E-state index is 12.4. The lowest BCUT2D eigenvalue weighted by Crippen LogP contribution is -2.49. The molecule has 0 atom stereocenters. The zero-order chi connectivity index (χ0) is 20.2. The molecule has 1 fully saturated rings. The van der Waals surface area contributed by atoms with E-state index in [2.05, 4.69) is 18.7 Å². The molecule has 0 spiro atoms. The third kappa shape index (κ3) is 4.42. The lowest BCUT2D eigenvalue weighted by atomic mass is 9.97. The van der Waals surface area contributed by atoms with Gasteiger partial charge in [0.2, 0.25) is 5.91 Å². The van der Waals surface area contributed by atoms with Crippen LogP contribution in [0.1, 0.15) is 75.1 Å². The van der Waals surface area contributed by atoms with Gasteiger partial charge in [-0.05, 0) is 44.1 Å². The van der Waals surface area contributed by atoms with Crippen LogP contribution in [0.5, 0.6) is 0 Å². The monoisotopic (exact) mass is 414 g/mol. The minimum absolute atomic E-state index is 0.316. The largest absolute Gasteiger partial charge is 0.352 e. The van der Waals surface area contributed by atoms with Crippen LogP contribution >= 0.6 is 11.3 Å². The number of unbranched alkanes of at least 4 members (excludes halogenated alkanes) is 2. The summed E-state index contributed by atoms with van der Waals surface area (Å²) < 4.78 is 0. The van der Waals surface area contributed by atoms with Crippen LogP contribution in [0.25, 0.3) is 10.2 Å². The molecule has 1 aliphatic carbocycles. The van der Waals surface area contributed by atoms with E-state index in [1.54, 1.807) is 0 Å². The molecule has 2 aromatic rings. The Hall–Kier alpha value is -1.69. The van der Waals surface area contributed by atoms with Gasteiger partial charge in [-0.15, -0.1) is 11.3 Å². The number of fused-ring (bicyclic) bond motifs is 3. The quantitative estimate of drug-likeness (QED) is 0.656. The van der Waals surface area contributed by atoms with Gasteiger partial charge in [0.25, 0.3) is 0 Å². The van der Waals surface area contributed by atoms with Crippen molar-refractivity contribution in [1.29, 1.82) is 0 Å². The van der Waals surface area contributed by atoms with E-state index in [4.69, 9.17) is 9.97 Å². The molecule has 158 valence electrons. The SMILES string of the molecule is CCCCC(=O)N1CCN(c2nc(CCCC)nc3sc4c(c23)CCCC4)CC1. The molecule has 0 N–H and O–H groups in total. The highest BCUT2D eigenvalue weighted by Gasteiger charge is 2.27. The summed E-state index contributed by atoms with van der Waals surface area (Å²) >= 11 is 1.90. The van der Waals surface area contributed by atoms with Crippen molar-refractivity contribution in [3.63, 3.8) is 0 Å². The Labute approximate surface area is 178 Å². The summed E-state index contributed by atoms with van der Waals surface area (Å²) in [4.78, 5) is 29.7. The van der Waals surface area contributed by atoms with E-state index in [0.717, 1.165) is 76.3 Å². The Morgan fingerprint density at radius 2 is 1.76 bits per heavy atom. The van der Waals surface area contributed by atoms with Crippen molar-refractivity contribution in [2.75, 3.05) is 31.1 Å². The van der Waals surface area contributed by atoms with Crippen molar-refractivity contribution in [3.8, 4) is 0 Å². The van der Waals surface area contributed by atoms with Crippen molar-refractivity contribution in [3.05, 3.63) is 16.3 Å². The van der Waals surface area contributed by atoms with Crippen molar-refractivity contribution < 1.29 is 4.79 Å². The molecule has 29 heavy (non-hydrogen) atoms. The van der Waals surface area contributed by atoms with Gasteiger partial charge in [-0.25, -0.2) is 9.97 Å². The van der Waals surface area contributed by atoms with Crippen LogP contribution in [0, 0.1) is 0 Å². The average Bonchev–Trinajstić information content (AvgIpc) is 3.14. The lowest BCUT2D eigenvalue weighted by Gasteiger charge is -2.36. The molecule has 1 amide bonds. The van der Waals surface area contributed by atoms with Gasteiger partial charge < -0.3 is 9.80 Å². The second kappa shape index (κ2) is 9.41. The topological polar surface area (TPSA) is 49.3 Å². The van der Waals surface area contributed by atoms with E-state index in [1.165, 1.54) is 39.9 Å². The smallest absolute Gasteiger partial charge is 0.222 e. The molecule has 0 saturated carbocycles. The third-order valence-electron chi connectivity index (χ3n) is 6.27. The van der Waals surface area contributed by atoms with Gasteiger partial charge >= 0.3 is 0 Å². The van der Waals surface area contributed by atoms with E-state index in [9.17, 15) is 4.79 Å². The van der Waals surface area contributed by atoms with Gasteiger partial charge in [-0.3, -0.25) is 4.79 Å². The number of aryl methyl sites for hydroxylation is 3. The zero-order valence-electron chi connectivity index (χ0n) is 18.0. The number of nitrogens with zero attached hydrogens (tertiary/aromatic N) is 4. The molecule has 1 aliphatic heterocycles. The predicted molar refractivity (Wildman–Crippen MR) is 121 cm³/mol. The van der Waals surface area contributed by atoms with Crippen LogP contribution in [0.4, 0.5) is 5.82 Å². The Morgan fingerprint density at radius 3 is 2.52 bits per heavy atom. The Bertz CT molecular complexity index is 854. The predicted octanol–water partition coefficient (Wildman–Crippen LogP) is 4.75. The van der Waals surface area contributed by atoms with E-state index >= 15 is 0 Å². The second-order valence-electron chi connectivity index (χ2n) is 8.43. The third-order valence-corrected chi connectivity index (χ3v) is 7.46. The Balaban J connectivity index is 1.60. The molecule has 0 aromatic carbocycles. The number of anilines is 1. The van der Waals surface area contributed by atoms with Crippen LogP contribution < -0.4 is 4.90 Å². The first-order valence-electron chi connectivity index (χ1n) is 11.5. The summed E-state index contributed by atoms with van der Waals surface area (Å²) in [6.45, 7) is 7.74. The second-order valence-corrected chi connectivity index (χ2v) is 9.51. The van der Waals surface area contributed by atoms with Gasteiger partial charge in [-0.1, -0.05) is 26.7 Å². The Morgan fingerprint density at radius 1 is 1.00 bits per heavy atom. The summed E-state index contributed by atoms with van der Waals surface area (Å²) in [5, 5.41) is 1.32. The average molecular weight is 415 g/mol. The summed E-state index contributed by atoms with van der Waals surface area (Å²) in [6.07, 6.45) is 10.9. The van der Waals surface area contributed by atoms with Gasteiger partial charge in [0.15, 0.2) is 0 Å². The molecule has 3 heterocycles. The van der Waals surface area contributed by atoms with Crippen molar-refractivity contribution in [2.24, 2.45) is 0 Å². The van der Waals surface area contributed by atoms with Gasteiger partial charge in [0.05, 0.1) is 5.39 Å². The maximum Gasteiger partial charge on any atom is 0.222 e. The van der Waals surface area contributed by atoms with Crippen LogP contribution in [0.2, 0.25) is 0 Å². The highest BCUT2D eigenvalue weighted by Crippen LogP contribution is 2.40. The van der Waals surface area contributed by atoms with E-state index in [0.29, 0.717) is 12.3 Å². The first-order valence-corrected chi connectivity index (χ1v) is 12.4. The van der Waals surface area contributed by atoms with Crippen molar-refractivity contribution in [2.45, 2.75) is 78.1 Å². The molecule has 2 aromatic heterocycles. The van der Waals surface area contributed by atoms with Crippen LogP contribution in [0.3, 0.4) is 0 Å². The number of rotatable bonds is 7. The van der Waals surface area contributed by atoms with Crippen LogP contribution in [-0.2, 0) is 24.1 Å². The maximum atomic E-state index is 12.4. The molecule has 2 aliphatic rings. The molecule has 6 heteroatoms. The normalized spacial score (nSPS) is 17.0. The molecule has 0 bridgehead atoms.